The summed E-state index contributed by atoms with van der Waals surface area (Å²) in [5.74, 6) is -0.00465. The van der Waals surface area contributed by atoms with Gasteiger partial charge in [-0.25, -0.2) is 8.42 Å². The zero-order valence-electron chi connectivity index (χ0n) is 16.0. The number of nitrogens with zero attached hydrogens (tertiary/aromatic N) is 1. The van der Waals surface area contributed by atoms with Crippen LogP contribution in [0.25, 0.3) is 4.91 Å². The number of ether oxygens (including phenoxy) is 1. The molecule has 8 heteroatoms. The lowest BCUT2D eigenvalue weighted by atomic mass is 10.1. The fourth-order valence-corrected chi connectivity index (χ4v) is 4.31. The Hall–Kier alpha value is -2.19. The van der Waals surface area contributed by atoms with Crippen molar-refractivity contribution < 1.29 is 17.9 Å². The van der Waals surface area contributed by atoms with Gasteiger partial charge in [0.05, 0.1) is 0 Å². The minimum absolute atomic E-state index is 0.128. The molecule has 1 aliphatic rings. The summed E-state index contributed by atoms with van der Waals surface area (Å²) in [5.41, 5.74) is 2.27. The van der Waals surface area contributed by atoms with Crippen molar-refractivity contribution in [3.05, 3.63) is 41.0 Å². The number of amides is 1. The Morgan fingerprint density at radius 2 is 1.93 bits per heavy atom. The van der Waals surface area contributed by atoms with Gasteiger partial charge in [-0.2, -0.15) is 0 Å². The number of amidine groups is 1. The molecule has 7 nitrogen and oxygen atoms in total. The van der Waals surface area contributed by atoms with Gasteiger partial charge in [-0.3, -0.25) is 14.5 Å². The van der Waals surface area contributed by atoms with E-state index in [-0.39, 0.29) is 23.2 Å². The summed E-state index contributed by atoms with van der Waals surface area (Å²) < 4.78 is 32.8. The molecular formula is C19H27N3O4S. The minimum Gasteiger partial charge on any atom is -0.382 e. The fraction of sp³-hybridized carbons (Fsp3) is 0.474. The molecule has 0 aromatic heterocycles. The first kappa shape index (κ1) is 21.1. The van der Waals surface area contributed by atoms with Gasteiger partial charge in [0.2, 0.25) is 5.91 Å². The summed E-state index contributed by atoms with van der Waals surface area (Å²) in [5, 5.41) is 2.75. The summed E-state index contributed by atoms with van der Waals surface area (Å²) in [6, 6.07) is 7.31. The zero-order valence-corrected chi connectivity index (χ0v) is 16.9. The molecule has 0 radical (unpaired) electrons. The predicted molar refractivity (Wildman–Crippen MR) is 107 cm³/mol. The van der Waals surface area contributed by atoms with Gasteiger partial charge in [0, 0.05) is 25.3 Å². The summed E-state index contributed by atoms with van der Waals surface area (Å²) in [7, 11) is -3.69. The van der Waals surface area contributed by atoms with Crippen molar-refractivity contribution in [2.45, 2.75) is 33.6 Å². The molecule has 0 saturated carbocycles. The molecule has 0 aliphatic carbocycles. The van der Waals surface area contributed by atoms with Crippen molar-refractivity contribution in [1.29, 1.82) is 0 Å². The van der Waals surface area contributed by atoms with Crippen molar-refractivity contribution in [2.75, 3.05) is 26.3 Å². The highest BCUT2D eigenvalue weighted by molar-refractivity contribution is 8.00. The third-order valence-corrected chi connectivity index (χ3v) is 5.58. The highest BCUT2D eigenvalue weighted by Gasteiger charge is 2.33. The van der Waals surface area contributed by atoms with Gasteiger partial charge in [0.15, 0.2) is 0 Å². The second-order valence-corrected chi connectivity index (χ2v) is 7.82. The second-order valence-electron chi connectivity index (χ2n) is 6.20. The van der Waals surface area contributed by atoms with Gasteiger partial charge >= 0.3 is 0 Å². The van der Waals surface area contributed by atoms with E-state index < -0.39 is 10.0 Å². The summed E-state index contributed by atoms with van der Waals surface area (Å²) in [4.78, 5) is 16.4. The van der Waals surface area contributed by atoms with E-state index in [1.165, 1.54) is 0 Å². The number of aliphatic imine (C=N–C) groups is 1. The lowest BCUT2D eigenvalue weighted by Gasteiger charge is -2.05. The van der Waals surface area contributed by atoms with E-state index in [9.17, 15) is 13.2 Å². The number of nitrogens with one attached hydrogen (secondary N) is 2. The molecule has 1 amide bonds. The van der Waals surface area contributed by atoms with Gasteiger partial charge in [-0.15, -0.1) is 0 Å². The van der Waals surface area contributed by atoms with Gasteiger partial charge in [-0.05, 0) is 32.3 Å². The molecule has 0 unspecified atom stereocenters. The largest absolute Gasteiger partial charge is 0.382 e. The van der Waals surface area contributed by atoms with Crippen LogP contribution in [0.3, 0.4) is 0 Å². The molecule has 0 fully saturated rings. The Bertz CT molecular complexity index is 827. The normalized spacial score (nSPS) is 17.2. The smallest absolute Gasteiger partial charge is 0.264 e. The van der Waals surface area contributed by atoms with Crippen molar-refractivity contribution in [2.24, 2.45) is 4.99 Å². The first-order valence-electron chi connectivity index (χ1n) is 9.11. The number of sulfonamides is 1. The highest BCUT2D eigenvalue weighted by atomic mass is 32.2. The SMILES string of the molecule is CCOCCCNC(=O)CN=C1NS(=O)(=O)C(c2ccc(C)cc2)=C1CC. The van der Waals surface area contributed by atoms with E-state index in [0.29, 0.717) is 37.3 Å². The molecule has 1 heterocycles. The molecule has 1 aromatic carbocycles. The van der Waals surface area contributed by atoms with Crippen LogP contribution < -0.4 is 10.0 Å². The molecule has 148 valence electrons. The molecule has 0 spiro atoms. The van der Waals surface area contributed by atoms with Gasteiger partial charge < -0.3 is 10.1 Å². The molecule has 2 rings (SSSR count). The lowest BCUT2D eigenvalue weighted by Crippen LogP contribution is -2.29. The maximum atomic E-state index is 12.6. The number of benzene rings is 1. The monoisotopic (exact) mass is 393 g/mol. The van der Waals surface area contributed by atoms with E-state index in [1.807, 2.05) is 32.9 Å². The lowest BCUT2D eigenvalue weighted by molar-refractivity contribution is -0.119. The van der Waals surface area contributed by atoms with Crippen molar-refractivity contribution in [1.82, 2.24) is 10.0 Å². The molecule has 1 aromatic rings. The Morgan fingerprint density at radius 1 is 1.22 bits per heavy atom. The van der Waals surface area contributed by atoms with Crippen LogP contribution in [0.2, 0.25) is 0 Å². The standard InChI is InChI=1S/C19H27N3O4S/c1-4-16-18(15-9-7-14(3)8-10-15)27(24,25)22-19(16)21-13-17(23)20-11-6-12-26-5-2/h7-10H,4-6,11-13H2,1-3H3,(H,20,23)(H,21,22). The van der Waals surface area contributed by atoms with Crippen molar-refractivity contribution in [3.63, 3.8) is 0 Å². The van der Waals surface area contributed by atoms with E-state index in [2.05, 4.69) is 15.0 Å². The van der Waals surface area contributed by atoms with Crippen LogP contribution in [0.1, 0.15) is 37.8 Å². The maximum Gasteiger partial charge on any atom is 0.264 e. The Labute approximate surface area is 161 Å². The molecule has 0 atom stereocenters. The predicted octanol–water partition coefficient (Wildman–Crippen LogP) is 1.99. The second kappa shape index (κ2) is 9.66. The third-order valence-electron chi connectivity index (χ3n) is 4.10. The van der Waals surface area contributed by atoms with Crippen LogP contribution in [-0.4, -0.2) is 46.5 Å². The first-order chi connectivity index (χ1) is 12.9. The molecule has 0 saturated heterocycles. The summed E-state index contributed by atoms with van der Waals surface area (Å²) in [6.07, 6.45) is 1.21. The van der Waals surface area contributed by atoms with Crippen LogP contribution in [0, 0.1) is 6.92 Å². The molecule has 0 bridgehead atoms. The van der Waals surface area contributed by atoms with Gasteiger partial charge in [-0.1, -0.05) is 36.8 Å². The maximum absolute atomic E-state index is 12.6. The van der Waals surface area contributed by atoms with Crippen LogP contribution >= 0.6 is 0 Å². The van der Waals surface area contributed by atoms with Crippen LogP contribution in [-0.2, 0) is 19.6 Å². The molecule has 2 N–H and O–H groups in total. The number of carbonyl (C=O) groups is 1. The average molecular weight is 394 g/mol. The third kappa shape index (κ3) is 5.64. The van der Waals surface area contributed by atoms with Crippen LogP contribution in [0.4, 0.5) is 0 Å². The van der Waals surface area contributed by atoms with E-state index in [4.69, 9.17) is 4.74 Å². The van der Waals surface area contributed by atoms with E-state index in [0.717, 1.165) is 12.0 Å². The number of rotatable bonds is 9. The average Bonchev–Trinajstić information content (AvgIpc) is 2.90. The van der Waals surface area contributed by atoms with Crippen molar-refractivity contribution in [3.8, 4) is 0 Å². The Balaban J connectivity index is 2.12. The number of hydrogen-bond acceptors (Lipinski definition) is 5. The topological polar surface area (TPSA) is 96.9 Å². The number of hydrogen-bond donors (Lipinski definition) is 2. The quantitative estimate of drug-likeness (QED) is 0.627. The van der Waals surface area contributed by atoms with Gasteiger partial charge in [0.1, 0.15) is 17.3 Å². The fourth-order valence-electron chi connectivity index (χ4n) is 2.75. The Morgan fingerprint density at radius 3 is 2.56 bits per heavy atom. The number of carbonyl (C=O) groups excluding carboxylic acids is 1. The Kier molecular flexibility index (Phi) is 7.55. The van der Waals surface area contributed by atoms with Crippen LogP contribution in [0.15, 0.2) is 34.8 Å². The van der Waals surface area contributed by atoms with E-state index in [1.54, 1.807) is 12.1 Å². The van der Waals surface area contributed by atoms with Crippen LogP contribution in [0.5, 0.6) is 0 Å². The number of aryl methyl sites for hydroxylation is 1. The minimum atomic E-state index is -3.69. The molecular weight excluding hydrogens is 366 g/mol. The summed E-state index contributed by atoms with van der Waals surface area (Å²) >= 11 is 0. The zero-order chi connectivity index (χ0) is 19.9. The molecule has 1 aliphatic heterocycles. The highest BCUT2D eigenvalue weighted by Crippen LogP contribution is 2.31. The van der Waals surface area contributed by atoms with E-state index >= 15 is 0 Å². The summed E-state index contributed by atoms with van der Waals surface area (Å²) in [6.45, 7) is 7.35. The van der Waals surface area contributed by atoms with Gasteiger partial charge in [0.25, 0.3) is 10.0 Å². The molecule has 27 heavy (non-hydrogen) atoms. The van der Waals surface area contributed by atoms with Crippen molar-refractivity contribution >= 4 is 26.7 Å². The first-order valence-corrected chi connectivity index (χ1v) is 10.6.